The van der Waals surface area contributed by atoms with Crippen molar-refractivity contribution in [3.8, 4) is 10.7 Å². The molecule has 0 aliphatic heterocycles. The number of amides is 1. The highest BCUT2D eigenvalue weighted by Crippen LogP contribution is 2.37. The summed E-state index contributed by atoms with van der Waals surface area (Å²) in [5, 5.41) is 9.79. The van der Waals surface area contributed by atoms with Gasteiger partial charge in [0, 0.05) is 12.6 Å². The zero-order valence-corrected chi connectivity index (χ0v) is 16.5. The Morgan fingerprint density at radius 3 is 2.82 bits per heavy atom. The number of rotatable bonds is 6. The number of carbonyl (C=O) groups is 1. The normalized spacial score (nSPS) is 13.9. The third-order valence-electron chi connectivity index (χ3n) is 4.62. The van der Waals surface area contributed by atoms with Gasteiger partial charge in [-0.25, -0.2) is 14.5 Å². The summed E-state index contributed by atoms with van der Waals surface area (Å²) < 4.78 is 4.22. The van der Waals surface area contributed by atoms with Crippen LogP contribution in [0.5, 0.6) is 0 Å². The molecule has 1 N–H and O–H groups in total. The van der Waals surface area contributed by atoms with E-state index in [1.807, 2.05) is 41.8 Å². The highest BCUT2D eigenvalue weighted by atomic mass is 32.1. The Balaban J connectivity index is 1.31. The Labute approximate surface area is 168 Å². The molecule has 7 nitrogen and oxygen atoms in total. The second kappa shape index (κ2) is 6.99. The number of nitrogens with one attached hydrogen (secondary N) is 1. The van der Waals surface area contributed by atoms with Crippen molar-refractivity contribution in [2.75, 3.05) is 6.54 Å². The van der Waals surface area contributed by atoms with Crippen LogP contribution in [0, 0.1) is 0 Å². The smallest absolute Gasteiger partial charge is 0.346 e. The lowest BCUT2D eigenvalue weighted by molar-refractivity contribution is 0.0951. The van der Waals surface area contributed by atoms with Gasteiger partial charge in [0.15, 0.2) is 10.8 Å². The van der Waals surface area contributed by atoms with Crippen molar-refractivity contribution in [2.45, 2.75) is 25.4 Å². The van der Waals surface area contributed by atoms with Crippen molar-refractivity contribution >= 4 is 38.8 Å². The molecular weight excluding hydrogens is 394 g/mol. The van der Waals surface area contributed by atoms with Crippen LogP contribution in [0.15, 0.2) is 46.6 Å². The number of para-hydroxylation sites is 1. The first kappa shape index (κ1) is 17.3. The molecule has 0 atom stereocenters. The van der Waals surface area contributed by atoms with Gasteiger partial charge < -0.3 is 5.32 Å². The zero-order chi connectivity index (χ0) is 19.1. The van der Waals surface area contributed by atoms with E-state index in [4.69, 9.17) is 0 Å². The van der Waals surface area contributed by atoms with E-state index in [1.165, 1.54) is 16.0 Å². The van der Waals surface area contributed by atoms with Crippen LogP contribution in [-0.2, 0) is 6.54 Å². The minimum atomic E-state index is -0.227. The van der Waals surface area contributed by atoms with Crippen LogP contribution in [0.3, 0.4) is 0 Å². The topological polar surface area (TPSA) is 81.8 Å². The Bertz CT molecular complexity index is 1170. The van der Waals surface area contributed by atoms with E-state index in [0.717, 1.165) is 33.8 Å². The second-order valence-corrected chi connectivity index (χ2v) is 8.63. The van der Waals surface area contributed by atoms with Crippen molar-refractivity contribution in [3.63, 3.8) is 0 Å². The summed E-state index contributed by atoms with van der Waals surface area (Å²) in [6.07, 6.45) is 2.02. The quantitative estimate of drug-likeness (QED) is 0.528. The molecule has 3 heterocycles. The van der Waals surface area contributed by atoms with Crippen LogP contribution < -0.4 is 11.0 Å². The molecule has 3 aromatic heterocycles. The Kier molecular flexibility index (Phi) is 4.33. The predicted octanol–water partition coefficient (Wildman–Crippen LogP) is 3.15. The molecule has 1 aromatic carbocycles. The van der Waals surface area contributed by atoms with Gasteiger partial charge in [0.2, 0.25) is 0 Å². The van der Waals surface area contributed by atoms with E-state index in [9.17, 15) is 9.59 Å². The van der Waals surface area contributed by atoms with Crippen molar-refractivity contribution in [1.29, 1.82) is 0 Å². The van der Waals surface area contributed by atoms with E-state index in [0.29, 0.717) is 18.1 Å². The number of thiophene rings is 1. The molecule has 0 spiro atoms. The summed E-state index contributed by atoms with van der Waals surface area (Å²) in [6.45, 7) is 0.647. The lowest BCUT2D eigenvalue weighted by atomic mass is 10.3. The predicted molar refractivity (Wildman–Crippen MR) is 110 cm³/mol. The number of nitrogens with zero attached hydrogens (tertiary/aromatic N) is 4. The molecule has 1 aliphatic rings. The van der Waals surface area contributed by atoms with Crippen LogP contribution in [0.1, 0.15) is 28.7 Å². The molecule has 0 saturated heterocycles. The molecule has 5 rings (SSSR count). The van der Waals surface area contributed by atoms with Gasteiger partial charge in [-0.1, -0.05) is 18.2 Å². The summed E-state index contributed by atoms with van der Waals surface area (Å²) in [5.74, 6) is 0.495. The van der Waals surface area contributed by atoms with Crippen molar-refractivity contribution in [3.05, 3.63) is 57.3 Å². The average molecular weight is 412 g/mol. The summed E-state index contributed by atoms with van der Waals surface area (Å²) in [5.41, 5.74) is 0.706. The summed E-state index contributed by atoms with van der Waals surface area (Å²) in [4.78, 5) is 30.5. The van der Waals surface area contributed by atoms with E-state index in [2.05, 4.69) is 15.4 Å². The SMILES string of the molecule is O=C(NCCn1nc(-c2cccs2)n(C2CC2)c1=O)c1nc2ccccc2s1. The zero-order valence-electron chi connectivity index (χ0n) is 14.9. The van der Waals surface area contributed by atoms with Gasteiger partial charge in [-0.2, -0.15) is 0 Å². The highest BCUT2D eigenvalue weighted by Gasteiger charge is 2.30. The fourth-order valence-electron chi connectivity index (χ4n) is 3.12. The average Bonchev–Trinajstić information content (AvgIpc) is 3.11. The molecule has 28 heavy (non-hydrogen) atoms. The number of hydrogen-bond acceptors (Lipinski definition) is 6. The molecule has 1 amide bonds. The Morgan fingerprint density at radius 2 is 2.07 bits per heavy atom. The van der Waals surface area contributed by atoms with Gasteiger partial charge in [0.05, 0.1) is 21.6 Å². The van der Waals surface area contributed by atoms with Gasteiger partial charge in [-0.3, -0.25) is 9.36 Å². The Morgan fingerprint density at radius 1 is 1.21 bits per heavy atom. The molecule has 1 fully saturated rings. The lowest BCUT2D eigenvalue weighted by Crippen LogP contribution is -2.32. The van der Waals surface area contributed by atoms with Gasteiger partial charge in [-0.15, -0.1) is 27.8 Å². The number of aromatic nitrogens is 4. The fraction of sp³-hybridized carbons (Fsp3) is 0.263. The van der Waals surface area contributed by atoms with Gasteiger partial charge in [0.25, 0.3) is 5.91 Å². The van der Waals surface area contributed by atoms with E-state index < -0.39 is 0 Å². The van der Waals surface area contributed by atoms with Crippen LogP contribution in [0.4, 0.5) is 0 Å². The first-order valence-corrected chi connectivity index (χ1v) is 10.8. The minimum Gasteiger partial charge on any atom is -0.348 e. The summed E-state index contributed by atoms with van der Waals surface area (Å²) >= 11 is 2.93. The molecule has 1 aliphatic carbocycles. The van der Waals surface area contributed by atoms with E-state index in [1.54, 1.807) is 15.9 Å². The monoisotopic (exact) mass is 411 g/mol. The molecule has 9 heteroatoms. The van der Waals surface area contributed by atoms with Crippen molar-refractivity contribution < 1.29 is 4.79 Å². The van der Waals surface area contributed by atoms with Crippen molar-refractivity contribution in [1.82, 2.24) is 24.6 Å². The molecular formula is C19H17N5O2S2. The van der Waals surface area contributed by atoms with Crippen LogP contribution in [-0.4, -0.2) is 31.8 Å². The lowest BCUT2D eigenvalue weighted by Gasteiger charge is -2.02. The van der Waals surface area contributed by atoms with Crippen molar-refractivity contribution in [2.24, 2.45) is 0 Å². The maximum absolute atomic E-state index is 12.8. The van der Waals surface area contributed by atoms with Gasteiger partial charge >= 0.3 is 5.69 Å². The van der Waals surface area contributed by atoms with Crippen LogP contribution in [0.25, 0.3) is 20.9 Å². The highest BCUT2D eigenvalue weighted by molar-refractivity contribution is 7.20. The van der Waals surface area contributed by atoms with Gasteiger partial charge in [0.1, 0.15) is 0 Å². The largest absolute Gasteiger partial charge is 0.348 e. The number of benzene rings is 1. The second-order valence-electron chi connectivity index (χ2n) is 6.65. The Hall–Kier alpha value is -2.78. The number of thiazole rings is 1. The third-order valence-corrected chi connectivity index (χ3v) is 6.52. The maximum Gasteiger partial charge on any atom is 0.346 e. The summed E-state index contributed by atoms with van der Waals surface area (Å²) in [7, 11) is 0. The fourth-order valence-corrected chi connectivity index (χ4v) is 4.71. The molecule has 1 saturated carbocycles. The van der Waals surface area contributed by atoms with Crippen LogP contribution in [0.2, 0.25) is 0 Å². The number of fused-ring (bicyclic) bond motifs is 1. The van der Waals surface area contributed by atoms with Crippen LogP contribution >= 0.6 is 22.7 Å². The molecule has 0 unspecified atom stereocenters. The number of hydrogen-bond donors (Lipinski definition) is 1. The molecule has 0 bridgehead atoms. The van der Waals surface area contributed by atoms with E-state index >= 15 is 0 Å². The molecule has 0 radical (unpaired) electrons. The first-order chi connectivity index (χ1) is 13.7. The third kappa shape index (κ3) is 3.16. The molecule has 4 aromatic rings. The first-order valence-electron chi connectivity index (χ1n) is 9.08. The minimum absolute atomic E-state index is 0.111. The standard InChI is InChI=1S/C19H17N5O2S2/c25-17(18-21-13-4-1-2-5-14(13)28-18)20-9-10-23-19(26)24(12-7-8-12)16(22-23)15-6-3-11-27-15/h1-6,11-12H,7-10H2,(H,20,25). The van der Waals surface area contributed by atoms with Gasteiger partial charge in [-0.05, 0) is 36.4 Å². The maximum atomic E-state index is 12.8. The summed E-state index contributed by atoms with van der Waals surface area (Å²) in [6, 6.07) is 11.8. The number of carbonyl (C=O) groups excluding carboxylic acids is 1. The van der Waals surface area contributed by atoms with E-state index in [-0.39, 0.29) is 17.6 Å². The molecule has 142 valence electrons.